The van der Waals surface area contributed by atoms with E-state index in [0.717, 1.165) is 41.8 Å². The summed E-state index contributed by atoms with van der Waals surface area (Å²) in [6.45, 7) is 3.58. The predicted octanol–water partition coefficient (Wildman–Crippen LogP) is 3.89. The molecule has 2 saturated carbocycles. The average molecular weight is 445 g/mol. The van der Waals surface area contributed by atoms with Crippen LogP contribution in [0.4, 0.5) is 5.13 Å². The molecule has 2 aliphatic rings. The molecule has 1 heterocycles. The largest absolute Gasteiger partial charge is 0.302 e. The number of hydrogen-bond donors (Lipinski definition) is 2. The summed E-state index contributed by atoms with van der Waals surface area (Å²) in [6, 6.07) is 7.29. The van der Waals surface area contributed by atoms with E-state index in [9.17, 15) is 18.5 Å². The number of carbonyl (C=O) groups is 1. The third-order valence-corrected chi connectivity index (χ3v) is 8.59. The van der Waals surface area contributed by atoms with E-state index in [-0.39, 0.29) is 16.7 Å². The fourth-order valence-corrected chi connectivity index (χ4v) is 6.43. The quantitative estimate of drug-likeness (QED) is 0.702. The topological polar surface area (TPSA) is 112 Å². The van der Waals surface area contributed by atoms with Gasteiger partial charge in [0.15, 0.2) is 5.13 Å². The lowest BCUT2D eigenvalue weighted by Gasteiger charge is -2.13. The molecule has 0 bridgehead atoms. The maximum Gasteiger partial charge on any atom is 0.242 e. The highest BCUT2D eigenvalue weighted by Gasteiger charge is 2.47. The molecular weight excluding hydrogens is 420 g/mol. The molecule has 0 radical (unpaired) electrons. The zero-order chi connectivity index (χ0) is 21.5. The van der Waals surface area contributed by atoms with E-state index in [2.05, 4.69) is 21.1 Å². The minimum absolute atomic E-state index is 0.00964. The number of rotatable bonds is 6. The third-order valence-electron chi connectivity index (χ3n) is 5.79. The van der Waals surface area contributed by atoms with Gasteiger partial charge in [0.05, 0.1) is 21.5 Å². The molecule has 30 heavy (non-hydrogen) atoms. The second kappa shape index (κ2) is 7.76. The van der Waals surface area contributed by atoms with Gasteiger partial charge in [-0.15, -0.1) is 0 Å². The smallest absolute Gasteiger partial charge is 0.242 e. The average Bonchev–Trinajstić information content (AvgIpc) is 3.09. The standard InChI is InChI=1S/C21H24N4O3S2/c1-13-7-8-16(11-17(13)30(27,28)25-21(12-22)9-10-21)18-14(2)23-20(29-18)24-19(26)15-5-3-4-6-15/h7-8,11,15,25H,3-6,9-10H2,1-2H3,(H,23,24,26). The summed E-state index contributed by atoms with van der Waals surface area (Å²) >= 11 is 1.34. The molecule has 7 nitrogen and oxygen atoms in total. The van der Waals surface area contributed by atoms with Crippen LogP contribution in [0.3, 0.4) is 0 Å². The van der Waals surface area contributed by atoms with Crippen molar-refractivity contribution in [3.05, 3.63) is 29.5 Å². The number of amides is 1. The second-order valence-electron chi connectivity index (χ2n) is 8.18. The van der Waals surface area contributed by atoms with Crippen molar-refractivity contribution < 1.29 is 13.2 Å². The van der Waals surface area contributed by atoms with Crippen molar-refractivity contribution in [2.45, 2.75) is 62.8 Å². The Morgan fingerprint density at radius 2 is 1.97 bits per heavy atom. The van der Waals surface area contributed by atoms with Gasteiger partial charge in [-0.1, -0.05) is 36.3 Å². The summed E-state index contributed by atoms with van der Waals surface area (Å²) in [7, 11) is -3.82. The van der Waals surface area contributed by atoms with Gasteiger partial charge in [-0.05, 0) is 56.7 Å². The molecule has 4 rings (SSSR count). The van der Waals surface area contributed by atoms with Gasteiger partial charge in [0.25, 0.3) is 0 Å². The lowest BCUT2D eigenvalue weighted by Crippen LogP contribution is -2.35. The van der Waals surface area contributed by atoms with Crippen LogP contribution in [0, 0.1) is 31.1 Å². The van der Waals surface area contributed by atoms with E-state index >= 15 is 0 Å². The second-order valence-corrected chi connectivity index (χ2v) is 10.8. The molecule has 9 heteroatoms. The molecule has 2 fully saturated rings. The van der Waals surface area contributed by atoms with Gasteiger partial charge in [0.1, 0.15) is 5.54 Å². The van der Waals surface area contributed by atoms with Gasteiger partial charge in [0, 0.05) is 5.92 Å². The number of sulfonamides is 1. The summed E-state index contributed by atoms with van der Waals surface area (Å²) in [5.41, 5.74) is 1.09. The third kappa shape index (κ3) is 4.13. The molecular formula is C21H24N4O3S2. The van der Waals surface area contributed by atoms with Crippen molar-refractivity contribution in [2.24, 2.45) is 5.92 Å². The van der Waals surface area contributed by atoms with Gasteiger partial charge in [-0.2, -0.15) is 9.98 Å². The summed E-state index contributed by atoms with van der Waals surface area (Å²) in [6.07, 6.45) is 5.06. The number of hydrogen-bond acceptors (Lipinski definition) is 6. The van der Waals surface area contributed by atoms with Crippen LogP contribution in [0.1, 0.15) is 49.8 Å². The molecule has 0 unspecified atom stereocenters. The zero-order valence-electron chi connectivity index (χ0n) is 17.0. The van der Waals surface area contributed by atoms with E-state index in [1.54, 1.807) is 19.1 Å². The fourth-order valence-electron chi connectivity index (χ4n) is 3.82. The van der Waals surface area contributed by atoms with E-state index in [1.165, 1.54) is 11.3 Å². The summed E-state index contributed by atoms with van der Waals surface area (Å²) < 4.78 is 28.4. The number of carbonyl (C=O) groups excluding carboxylic acids is 1. The highest BCUT2D eigenvalue weighted by atomic mass is 32.2. The molecule has 1 amide bonds. The first-order valence-electron chi connectivity index (χ1n) is 10.1. The summed E-state index contributed by atoms with van der Waals surface area (Å²) in [5, 5.41) is 12.7. The Kier molecular flexibility index (Phi) is 5.43. The molecule has 0 aliphatic heterocycles. The van der Waals surface area contributed by atoms with Crippen LogP contribution in [0.25, 0.3) is 10.4 Å². The Morgan fingerprint density at radius 3 is 2.60 bits per heavy atom. The first-order valence-corrected chi connectivity index (χ1v) is 12.4. The van der Waals surface area contributed by atoms with E-state index in [4.69, 9.17) is 0 Å². The molecule has 1 aromatic carbocycles. The number of benzene rings is 1. The van der Waals surface area contributed by atoms with Gasteiger partial charge in [0.2, 0.25) is 15.9 Å². The minimum atomic E-state index is -3.82. The number of thiazole rings is 1. The highest BCUT2D eigenvalue weighted by molar-refractivity contribution is 7.89. The molecule has 2 aromatic rings. The first kappa shape index (κ1) is 21.0. The van der Waals surface area contributed by atoms with Crippen molar-refractivity contribution >= 4 is 32.4 Å². The van der Waals surface area contributed by atoms with Gasteiger partial charge in [-0.25, -0.2) is 13.4 Å². The lowest BCUT2D eigenvalue weighted by molar-refractivity contribution is -0.119. The van der Waals surface area contributed by atoms with Gasteiger partial charge < -0.3 is 5.32 Å². The molecule has 1 aromatic heterocycles. The van der Waals surface area contributed by atoms with Crippen LogP contribution in [0.2, 0.25) is 0 Å². The monoisotopic (exact) mass is 444 g/mol. The molecule has 0 spiro atoms. The SMILES string of the molecule is Cc1ccc(-c2sc(NC(=O)C3CCCC3)nc2C)cc1S(=O)(=O)NC1(C#N)CC1. The lowest BCUT2D eigenvalue weighted by atomic mass is 10.1. The van der Waals surface area contributed by atoms with Crippen molar-refractivity contribution in [1.29, 1.82) is 5.26 Å². The number of nitrogens with one attached hydrogen (secondary N) is 2. The van der Waals surface area contributed by atoms with E-state index < -0.39 is 15.6 Å². The fraction of sp³-hybridized carbons (Fsp3) is 0.476. The van der Waals surface area contributed by atoms with Crippen LogP contribution in [0.5, 0.6) is 0 Å². The first-order chi connectivity index (χ1) is 14.2. The van der Waals surface area contributed by atoms with E-state index in [1.807, 2.05) is 13.0 Å². The molecule has 2 N–H and O–H groups in total. The van der Waals surface area contributed by atoms with E-state index in [0.29, 0.717) is 23.5 Å². The van der Waals surface area contributed by atoms with Crippen LogP contribution < -0.4 is 10.0 Å². The number of nitrogens with zero attached hydrogens (tertiary/aromatic N) is 2. The van der Waals surface area contributed by atoms with Crippen molar-refractivity contribution in [1.82, 2.24) is 9.71 Å². The number of anilines is 1. The maximum absolute atomic E-state index is 12.9. The van der Waals surface area contributed by atoms with Crippen LogP contribution in [0.15, 0.2) is 23.1 Å². The molecule has 2 aliphatic carbocycles. The summed E-state index contributed by atoms with van der Waals surface area (Å²) in [4.78, 5) is 17.9. The normalized spacial score (nSPS) is 18.2. The Balaban J connectivity index is 1.60. The predicted molar refractivity (Wildman–Crippen MR) is 116 cm³/mol. The van der Waals surface area contributed by atoms with Crippen LogP contribution >= 0.6 is 11.3 Å². The number of nitriles is 1. The minimum Gasteiger partial charge on any atom is -0.302 e. The van der Waals surface area contributed by atoms with Crippen LogP contribution in [-0.4, -0.2) is 24.8 Å². The Hall–Kier alpha value is -2.28. The Bertz CT molecular complexity index is 1140. The van der Waals surface area contributed by atoms with Crippen molar-refractivity contribution in [3.63, 3.8) is 0 Å². The van der Waals surface area contributed by atoms with Crippen LogP contribution in [-0.2, 0) is 14.8 Å². The van der Waals surface area contributed by atoms with Gasteiger partial charge in [-0.3, -0.25) is 4.79 Å². The van der Waals surface area contributed by atoms with Crippen molar-refractivity contribution in [3.8, 4) is 16.5 Å². The summed E-state index contributed by atoms with van der Waals surface area (Å²) in [5.74, 6) is 0.0603. The molecule has 158 valence electrons. The van der Waals surface area contributed by atoms with Crippen molar-refractivity contribution in [2.75, 3.05) is 5.32 Å². The Morgan fingerprint density at radius 1 is 1.27 bits per heavy atom. The number of aryl methyl sites for hydroxylation is 2. The zero-order valence-corrected chi connectivity index (χ0v) is 18.6. The highest BCUT2D eigenvalue weighted by Crippen LogP contribution is 2.38. The number of aromatic nitrogens is 1. The molecule has 0 atom stereocenters. The van der Waals surface area contributed by atoms with Gasteiger partial charge >= 0.3 is 0 Å². The maximum atomic E-state index is 12.9. The Labute approximate surface area is 180 Å². The molecule has 0 saturated heterocycles.